The van der Waals surface area contributed by atoms with E-state index in [0.717, 1.165) is 60.3 Å². The van der Waals surface area contributed by atoms with Crippen LogP contribution in [-0.4, -0.2) is 60.3 Å². The molecule has 1 aromatic heterocycles. The van der Waals surface area contributed by atoms with E-state index in [2.05, 4.69) is 10.2 Å². The number of unbranched alkanes of at least 4 members (excludes halogenated alkanes) is 2. The SMILES string of the molecule is COc1ccc(-c2cc(C(=O)NC(CCCCC(=O)OCc3ccccc3)C(=O)CCCCN3CCCC3)c3ccccc3n2)cc1C. The highest BCUT2D eigenvalue weighted by molar-refractivity contribution is 6.08. The van der Waals surface area contributed by atoms with Gasteiger partial charge in [-0.2, -0.15) is 0 Å². The van der Waals surface area contributed by atoms with Crippen LogP contribution in [0.3, 0.4) is 0 Å². The van der Waals surface area contributed by atoms with Gasteiger partial charge >= 0.3 is 5.97 Å². The van der Waals surface area contributed by atoms with Gasteiger partial charge in [-0.05, 0) is 107 Å². The number of benzene rings is 3. The number of fused-ring (bicyclic) bond motifs is 1. The monoisotopic (exact) mass is 649 g/mol. The molecule has 1 fully saturated rings. The van der Waals surface area contributed by atoms with E-state index in [4.69, 9.17) is 14.5 Å². The van der Waals surface area contributed by atoms with Crippen molar-refractivity contribution in [3.63, 3.8) is 0 Å². The van der Waals surface area contributed by atoms with Gasteiger partial charge in [0.1, 0.15) is 12.4 Å². The topological polar surface area (TPSA) is 97.8 Å². The first-order valence-electron chi connectivity index (χ1n) is 17.2. The zero-order valence-corrected chi connectivity index (χ0v) is 28.2. The number of esters is 1. The van der Waals surface area contributed by atoms with Crippen molar-refractivity contribution >= 4 is 28.6 Å². The summed E-state index contributed by atoms with van der Waals surface area (Å²) in [6.07, 6.45) is 6.54. The van der Waals surface area contributed by atoms with Crippen LogP contribution in [0, 0.1) is 6.92 Å². The molecule has 1 atom stereocenters. The molecule has 1 aliphatic heterocycles. The molecule has 2 heterocycles. The highest BCUT2D eigenvalue weighted by Crippen LogP contribution is 2.29. The van der Waals surface area contributed by atoms with Crippen molar-refractivity contribution in [3.05, 3.63) is 95.6 Å². The number of carbonyl (C=O) groups excluding carboxylic acids is 3. The Morgan fingerprint density at radius 1 is 0.875 bits per heavy atom. The molecule has 1 unspecified atom stereocenters. The molecule has 1 amide bonds. The van der Waals surface area contributed by atoms with Crippen molar-refractivity contribution in [2.45, 2.75) is 77.4 Å². The highest BCUT2D eigenvalue weighted by atomic mass is 16.5. The van der Waals surface area contributed by atoms with Crippen molar-refractivity contribution in [2.24, 2.45) is 0 Å². The van der Waals surface area contributed by atoms with E-state index in [1.165, 1.54) is 12.8 Å². The number of nitrogens with one attached hydrogen (secondary N) is 1. The van der Waals surface area contributed by atoms with Crippen molar-refractivity contribution in [2.75, 3.05) is 26.7 Å². The van der Waals surface area contributed by atoms with E-state index in [1.54, 1.807) is 13.2 Å². The molecular weight excluding hydrogens is 602 g/mol. The number of aryl methyl sites for hydroxylation is 1. The Bertz CT molecular complexity index is 1680. The largest absolute Gasteiger partial charge is 0.496 e. The van der Waals surface area contributed by atoms with Gasteiger partial charge in [-0.1, -0.05) is 55.0 Å². The van der Waals surface area contributed by atoms with Crippen LogP contribution in [0.2, 0.25) is 0 Å². The lowest BCUT2D eigenvalue weighted by molar-refractivity contribution is -0.145. The van der Waals surface area contributed by atoms with Crippen molar-refractivity contribution in [1.82, 2.24) is 15.2 Å². The third-order valence-corrected chi connectivity index (χ3v) is 9.06. The van der Waals surface area contributed by atoms with Gasteiger partial charge in [0.2, 0.25) is 0 Å². The number of Topliss-reactive ketones (excluding diaryl/α,β-unsaturated/α-hetero) is 1. The van der Waals surface area contributed by atoms with Crippen LogP contribution in [0.5, 0.6) is 5.75 Å². The molecule has 0 spiro atoms. The molecule has 0 radical (unpaired) electrons. The molecule has 1 saturated heterocycles. The number of likely N-dealkylation sites (tertiary alicyclic amines) is 1. The summed E-state index contributed by atoms with van der Waals surface area (Å²) in [7, 11) is 1.64. The summed E-state index contributed by atoms with van der Waals surface area (Å²) >= 11 is 0. The molecule has 8 heteroatoms. The van der Waals surface area contributed by atoms with Gasteiger partial charge in [0, 0.05) is 23.8 Å². The smallest absolute Gasteiger partial charge is 0.306 e. The molecule has 4 aromatic rings. The summed E-state index contributed by atoms with van der Waals surface area (Å²) in [4.78, 5) is 47.3. The predicted octanol–water partition coefficient (Wildman–Crippen LogP) is 7.46. The minimum absolute atomic E-state index is 0.0285. The van der Waals surface area contributed by atoms with Gasteiger partial charge in [0.05, 0.1) is 29.9 Å². The molecule has 0 saturated carbocycles. The van der Waals surface area contributed by atoms with E-state index in [-0.39, 0.29) is 30.7 Å². The number of aromatic nitrogens is 1. The Morgan fingerprint density at radius 3 is 2.40 bits per heavy atom. The fourth-order valence-electron chi connectivity index (χ4n) is 6.34. The minimum Gasteiger partial charge on any atom is -0.496 e. The normalized spacial score (nSPS) is 13.7. The van der Waals surface area contributed by atoms with Crippen LogP contribution in [0.25, 0.3) is 22.2 Å². The van der Waals surface area contributed by atoms with Crippen molar-refractivity contribution in [1.29, 1.82) is 0 Å². The Balaban J connectivity index is 1.26. The van der Waals surface area contributed by atoms with Gasteiger partial charge in [0.15, 0.2) is 5.78 Å². The van der Waals surface area contributed by atoms with Crippen LogP contribution in [0.4, 0.5) is 0 Å². The van der Waals surface area contributed by atoms with Gasteiger partial charge in [-0.3, -0.25) is 14.4 Å². The summed E-state index contributed by atoms with van der Waals surface area (Å²) < 4.78 is 10.9. The van der Waals surface area contributed by atoms with Crippen LogP contribution in [0.15, 0.2) is 78.9 Å². The lowest BCUT2D eigenvalue weighted by atomic mass is 9.98. The van der Waals surface area contributed by atoms with E-state index >= 15 is 0 Å². The van der Waals surface area contributed by atoms with Crippen LogP contribution in [-0.2, 0) is 20.9 Å². The van der Waals surface area contributed by atoms with E-state index < -0.39 is 6.04 Å². The maximum Gasteiger partial charge on any atom is 0.306 e. The zero-order valence-electron chi connectivity index (χ0n) is 28.2. The molecule has 48 heavy (non-hydrogen) atoms. The number of pyridine rings is 1. The van der Waals surface area contributed by atoms with Crippen LogP contribution >= 0.6 is 0 Å². The third-order valence-electron chi connectivity index (χ3n) is 9.06. The second-order valence-corrected chi connectivity index (χ2v) is 12.6. The molecule has 8 nitrogen and oxygen atoms in total. The predicted molar refractivity (Wildman–Crippen MR) is 189 cm³/mol. The zero-order chi connectivity index (χ0) is 33.7. The van der Waals surface area contributed by atoms with Gasteiger partial charge in [0.25, 0.3) is 5.91 Å². The fraction of sp³-hybridized carbons (Fsp3) is 0.400. The number of ketones is 1. The molecule has 0 aliphatic carbocycles. The number of ether oxygens (including phenoxy) is 2. The van der Waals surface area contributed by atoms with Gasteiger partial charge in [-0.15, -0.1) is 0 Å². The number of hydrogen-bond acceptors (Lipinski definition) is 7. The summed E-state index contributed by atoms with van der Waals surface area (Å²) in [6, 6.07) is 24.1. The van der Waals surface area contributed by atoms with Crippen LogP contribution < -0.4 is 10.1 Å². The third kappa shape index (κ3) is 9.73. The molecule has 5 rings (SSSR count). The maximum absolute atomic E-state index is 14.0. The fourth-order valence-corrected chi connectivity index (χ4v) is 6.34. The minimum atomic E-state index is -0.650. The summed E-state index contributed by atoms with van der Waals surface area (Å²) in [5.41, 5.74) is 4.63. The number of amides is 1. The molecule has 1 N–H and O–H groups in total. The average molecular weight is 650 g/mol. The van der Waals surface area contributed by atoms with Crippen molar-refractivity contribution in [3.8, 4) is 17.0 Å². The first kappa shape index (κ1) is 34.8. The number of nitrogens with zero attached hydrogens (tertiary/aromatic N) is 2. The lowest BCUT2D eigenvalue weighted by Gasteiger charge is -2.19. The molecular formula is C40H47N3O5. The molecule has 1 aliphatic rings. The second-order valence-electron chi connectivity index (χ2n) is 12.6. The Labute approximate surface area is 283 Å². The number of para-hydroxylation sites is 1. The van der Waals surface area contributed by atoms with Gasteiger partial charge in [-0.25, -0.2) is 4.98 Å². The van der Waals surface area contributed by atoms with E-state index in [1.807, 2.05) is 79.7 Å². The number of carbonyl (C=O) groups is 3. The van der Waals surface area contributed by atoms with Gasteiger partial charge < -0.3 is 19.7 Å². The highest BCUT2D eigenvalue weighted by Gasteiger charge is 2.23. The summed E-state index contributed by atoms with van der Waals surface area (Å²) in [5.74, 6) is 0.236. The number of methoxy groups -OCH3 is 1. The molecule has 0 bridgehead atoms. The van der Waals surface area contributed by atoms with Crippen molar-refractivity contribution < 1.29 is 23.9 Å². The van der Waals surface area contributed by atoms with Crippen LogP contribution in [0.1, 0.15) is 79.3 Å². The summed E-state index contributed by atoms with van der Waals surface area (Å²) in [6.45, 7) is 5.50. The second kappa shape index (κ2) is 17.6. The average Bonchev–Trinajstić information content (AvgIpc) is 3.64. The molecule has 3 aromatic carbocycles. The quantitative estimate of drug-likeness (QED) is 0.0937. The summed E-state index contributed by atoms with van der Waals surface area (Å²) in [5, 5.41) is 3.81. The Kier molecular flexibility index (Phi) is 12.7. The Morgan fingerprint density at radius 2 is 1.62 bits per heavy atom. The molecule has 252 valence electrons. The maximum atomic E-state index is 14.0. The number of hydrogen-bond donors (Lipinski definition) is 1. The first-order chi connectivity index (χ1) is 23.4. The van der Waals surface area contributed by atoms with E-state index in [9.17, 15) is 14.4 Å². The Hall–Kier alpha value is -4.56. The number of rotatable bonds is 17. The standard InChI is InChI=1S/C40H47N3O5/c1-29-26-31(21-22-38(29)47-2)36-27-33(32-16-6-7-17-34(32)41-36)40(46)42-35(37(44)19-10-11-23-43-24-12-13-25-43)18-8-9-20-39(45)48-28-30-14-4-3-5-15-30/h3-7,14-17,21-22,26-27,35H,8-13,18-20,23-25,28H2,1-2H3,(H,42,46). The van der Waals surface area contributed by atoms with E-state index in [0.29, 0.717) is 42.5 Å². The lowest BCUT2D eigenvalue weighted by Crippen LogP contribution is -2.41. The first-order valence-corrected chi connectivity index (χ1v) is 17.2.